The first-order valence-electron chi connectivity index (χ1n) is 6.92. The van der Waals surface area contributed by atoms with Gasteiger partial charge in [0.25, 0.3) is 0 Å². The molecule has 0 atom stereocenters. The smallest absolute Gasteiger partial charge is 0.0831 e. The highest BCUT2D eigenvalue weighted by molar-refractivity contribution is 5.34. The van der Waals surface area contributed by atoms with E-state index in [-0.39, 0.29) is 0 Å². The molecule has 2 N–H and O–H groups in total. The van der Waals surface area contributed by atoms with Crippen molar-refractivity contribution in [2.45, 2.75) is 39.0 Å². The zero-order valence-electron chi connectivity index (χ0n) is 11.7. The zero-order chi connectivity index (χ0) is 13.7. The molecule has 0 saturated heterocycles. The van der Waals surface area contributed by atoms with Crippen molar-refractivity contribution in [1.29, 1.82) is 0 Å². The Balaban J connectivity index is 2.05. The van der Waals surface area contributed by atoms with Gasteiger partial charge in [-0.1, -0.05) is 31.2 Å². The molecule has 0 unspecified atom stereocenters. The van der Waals surface area contributed by atoms with Crippen LogP contribution >= 0.6 is 0 Å². The minimum Gasteiger partial charge on any atom is -0.330 e. The van der Waals surface area contributed by atoms with Gasteiger partial charge in [-0.25, -0.2) is 4.68 Å². The second-order valence-corrected chi connectivity index (χ2v) is 5.15. The van der Waals surface area contributed by atoms with Crippen LogP contribution in [0.1, 0.15) is 43.9 Å². The maximum absolute atomic E-state index is 5.49. The predicted octanol–water partition coefficient (Wildman–Crippen LogP) is 2.67. The molecule has 102 valence electrons. The molecule has 2 aromatic rings. The van der Waals surface area contributed by atoms with Crippen molar-refractivity contribution in [2.24, 2.45) is 5.73 Å². The van der Waals surface area contributed by atoms with E-state index in [4.69, 9.17) is 5.73 Å². The molecule has 0 amide bonds. The number of benzene rings is 1. The van der Waals surface area contributed by atoms with Crippen molar-refractivity contribution in [2.75, 3.05) is 6.54 Å². The van der Waals surface area contributed by atoms with Crippen molar-refractivity contribution in [3.05, 3.63) is 41.7 Å². The van der Waals surface area contributed by atoms with Crippen LogP contribution in [0.4, 0.5) is 0 Å². The number of unbranched alkanes of at least 4 members (excludes halogenated alkanes) is 1. The van der Waals surface area contributed by atoms with E-state index < -0.39 is 0 Å². The number of nitrogens with zero attached hydrogens (tertiary/aromatic N) is 3. The monoisotopic (exact) mass is 258 g/mol. The zero-order valence-corrected chi connectivity index (χ0v) is 11.7. The van der Waals surface area contributed by atoms with Gasteiger partial charge in [0.1, 0.15) is 0 Å². The number of hydrogen-bond donors (Lipinski definition) is 1. The third-order valence-corrected chi connectivity index (χ3v) is 3.25. The molecule has 2 rings (SSSR count). The van der Waals surface area contributed by atoms with Gasteiger partial charge in [-0.3, -0.25) is 0 Å². The fraction of sp³-hybridized carbons (Fsp3) is 0.467. The van der Waals surface area contributed by atoms with Crippen LogP contribution in [0.2, 0.25) is 0 Å². The fourth-order valence-corrected chi connectivity index (χ4v) is 2.00. The lowest BCUT2D eigenvalue weighted by molar-refractivity contribution is 0.727. The summed E-state index contributed by atoms with van der Waals surface area (Å²) in [6.45, 7) is 5.13. The Morgan fingerprint density at radius 2 is 1.89 bits per heavy atom. The van der Waals surface area contributed by atoms with Gasteiger partial charge in [0, 0.05) is 0 Å². The van der Waals surface area contributed by atoms with Gasteiger partial charge < -0.3 is 5.73 Å². The van der Waals surface area contributed by atoms with Gasteiger partial charge >= 0.3 is 0 Å². The Morgan fingerprint density at radius 1 is 1.16 bits per heavy atom. The average molecular weight is 258 g/mol. The number of hydrogen-bond acceptors (Lipinski definition) is 3. The lowest BCUT2D eigenvalue weighted by Crippen LogP contribution is -1.99. The summed E-state index contributed by atoms with van der Waals surface area (Å²) in [5, 5.41) is 8.37. The van der Waals surface area contributed by atoms with E-state index in [1.165, 1.54) is 5.56 Å². The van der Waals surface area contributed by atoms with Gasteiger partial charge in [-0.2, -0.15) is 0 Å². The Hall–Kier alpha value is -1.68. The summed E-state index contributed by atoms with van der Waals surface area (Å²) < 4.78 is 1.84. The third kappa shape index (κ3) is 3.64. The van der Waals surface area contributed by atoms with E-state index >= 15 is 0 Å². The summed E-state index contributed by atoms with van der Waals surface area (Å²) in [5.74, 6) is 0.552. The summed E-state index contributed by atoms with van der Waals surface area (Å²) in [6, 6.07) is 8.48. The van der Waals surface area contributed by atoms with E-state index in [1.807, 2.05) is 10.9 Å². The first-order chi connectivity index (χ1) is 9.20. The van der Waals surface area contributed by atoms with Gasteiger partial charge in [-0.15, -0.1) is 5.10 Å². The maximum Gasteiger partial charge on any atom is 0.0831 e. The molecule has 0 saturated carbocycles. The molecule has 1 aromatic carbocycles. The van der Waals surface area contributed by atoms with Gasteiger partial charge in [0.15, 0.2) is 0 Å². The number of aryl methyl sites for hydroxylation is 1. The molecular weight excluding hydrogens is 236 g/mol. The van der Waals surface area contributed by atoms with E-state index in [0.29, 0.717) is 5.92 Å². The van der Waals surface area contributed by atoms with Crippen LogP contribution in [0, 0.1) is 0 Å². The summed E-state index contributed by atoms with van der Waals surface area (Å²) in [5.41, 5.74) is 8.91. The average Bonchev–Trinajstić information content (AvgIpc) is 2.88. The number of rotatable bonds is 6. The first kappa shape index (κ1) is 13.7. The lowest BCUT2D eigenvalue weighted by atomic mass is 10.0. The van der Waals surface area contributed by atoms with Crippen molar-refractivity contribution < 1.29 is 0 Å². The van der Waals surface area contributed by atoms with E-state index in [9.17, 15) is 0 Å². The molecule has 0 aliphatic heterocycles. The van der Waals surface area contributed by atoms with E-state index in [1.54, 1.807) is 0 Å². The predicted molar refractivity (Wildman–Crippen MR) is 77.4 cm³/mol. The SMILES string of the molecule is CC(C)c1ccc(-n2cc(CCCCN)nn2)cc1. The molecule has 0 bridgehead atoms. The van der Waals surface area contributed by atoms with Crippen LogP contribution in [-0.4, -0.2) is 21.5 Å². The number of nitrogens with two attached hydrogens (primary N) is 1. The van der Waals surface area contributed by atoms with Crippen molar-refractivity contribution in [3.8, 4) is 5.69 Å². The van der Waals surface area contributed by atoms with Crippen LogP contribution in [0.5, 0.6) is 0 Å². The summed E-state index contributed by atoms with van der Waals surface area (Å²) in [4.78, 5) is 0. The van der Waals surface area contributed by atoms with Crippen molar-refractivity contribution in [1.82, 2.24) is 15.0 Å². The topological polar surface area (TPSA) is 56.7 Å². The molecule has 0 radical (unpaired) electrons. The molecule has 4 nitrogen and oxygen atoms in total. The second kappa shape index (κ2) is 6.48. The standard InChI is InChI=1S/C15H22N4/c1-12(2)13-6-8-15(9-7-13)19-11-14(17-18-19)5-3-4-10-16/h6-9,11-12H,3-5,10,16H2,1-2H3. The molecule has 4 heteroatoms. The molecule has 19 heavy (non-hydrogen) atoms. The molecule has 1 aromatic heterocycles. The van der Waals surface area contributed by atoms with E-state index in [2.05, 4.69) is 48.4 Å². The van der Waals surface area contributed by atoms with Crippen molar-refractivity contribution in [3.63, 3.8) is 0 Å². The van der Waals surface area contributed by atoms with Crippen molar-refractivity contribution >= 4 is 0 Å². The molecule has 0 fully saturated rings. The largest absolute Gasteiger partial charge is 0.330 e. The fourth-order valence-electron chi connectivity index (χ4n) is 2.00. The quantitative estimate of drug-likeness (QED) is 0.810. The summed E-state index contributed by atoms with van der Waals surface area (Å²) >= 11 is 0. The highest BCUT2D eigenvalue weighted by atomic mass is 15.4. The molecule has 0 spiro atoms. The van der Waals surface area contributed by atoms with Gasteiger partial charge in [0.05, 0.1) is 17.6 Å². The Kier molecular flexibility index (Phi) is 4.68. The number of aromatic nitrogens is 3. The Bertz CT molecular complexity index is 499. The Labute approximate surface area is 114 Å². The van der Waals surface area contributed by atoms with Crippen LogP contribution in [-0.2, 0) is 6.42 Å². The molecular formula is C15H22N4. The highest BCUT2D eigenvalue weighted by Crippen LogP contribution is 2.16. The minimum absolute atomic E-state index is 0.552. The minimum atomic E-state index is 0.552. The lowest BCUT2D eigenvalue weighted by Gasteiger charge is -2.06. The normalized spacial score (nSPS) is 11.2. The van der Waals surface area contributed by atoms with Crippen LogP contribution in [0.25, 0.3) is 5.69 Å². The van der Waals surface area contributed by atoms with Crippen LogP contribution in [0.3, 0.4) is 0 Å². The molecule has 0 aliphatic rings. The first-order valence-corrected chi connectivity index (χ1v) is 6.92. The van der Waals surface area contributed by atoms with Gasteiger partial charge in [-0.05, 0) is 49.4 Å². The summed E-state index contributed by atoms with van der Waals surface area (Å²) in [7, 11) is 0. The maximum atomic E-state index is 5.49. The molecule has 1 heterocycles. The van der Waals surface area contributed by atoms with Crippen LogP contribution in [0.15, 0.2) is 30.5 Å². The van der Waals surface area contributed by atoms with E-state index in [0.717, 1.165) is 37.2 Å². The molecule has 0 aliphatic carbocycles. The third-order valence-electron chi connectivity index (χ3n) is 3.25. The van der Waals surface area contributed by atoms with Crippen LogP contribution < -0.4 is 5.73 Å². The second-order valence-electron chi connectivity index (χ2n) is 5.15. The summed E-state index contributed by atoms with van der Waals surface area (Å²) in [6.07, 6.45) is 5.06. The van der Waals surface area contributed by atoms with Gasteiger partial charge in [0.2, 0.25) is 0 Å². The Morgan fingerprint density at radius 3 is 2.53 bits per heavy atom. The highest BCUT2D eigenvalue weighted by Gasteiger charge is 2.04.